The number of rotatable bonds is 1. The van der Waals surface area contributed by atoms with Crippen molar-refractivity contribution in [2.75, 3.05) is 11.4 Å². The fourth-order valence-electron chi connectivity index (χ4n) is 4.69. The van der Waals surface area contributed by atoms with E-state index in [0.717, 1.165) is 25.7 Å². The van der Waals surface area contributed by atoms with Gasteiger partial charge in [-0.2, -0.15) is 0 Å². The van der Waals surface area contributed by atoms with E-state index in [2.05, 4.69) is 9.97 Å². The molecule has 1 amide bonds. The Hall–Kier alpha value is -2.89. The van der Waals surface area contributed by atoms with Crippen LogP contribution in [0.4, 0.5) is 10.1 Å². The van der Waals surface area contributed by atoms with Crippen LogP contribution in [0.2, 0.25) is 0 Å². The van der Waals surface area contributed by atoms with Gasteiger partial charge in [0.2, 0.25) is 0 Å². The molecule has 3 aromatic rings. The summed E-state index contributed by atoms with van der Waals surface area (Å²) in [4.78, 5) is 31.7. The first-order chi connectivity index (χ1) is 12.6. The van der Waals surface area contributed by atoms with Gasteiger partial charge in [0, 0.05) is 23.1 Å². The molecule has 1 aliphatic carbocycles. The van der Waals surface area contributed by atoms with Gasteiger partial charge < -0.3 is 14.9 Å². The molecule has 5 nitrogen and oxygen atoms in total. The molecular weight excluding hydrogens is 333 g/mol. The number of hydrogen-bond donors (Lipinski definition) is 2. The molecule has 0 bridgehead atoms. The van der Waals surface area contributed by atoms with Gasteiger partial charge in [-0.25, -0.2) is 9.18 Å². The number of hydrogen-bond acceptors (Lipinski definition) is 2. The van der Waals surface area contributed by atoms with Crippen molar-refractivity contribution in [1.29, 1.82) is 0 Å². The van der Waals surface area contributed by atoms with Crippen LogP contribution in [-0.2, 0) is 5.41 Å². The third-order valence-corrected chi connectivity index (χ3v) is 5.84. The van der Waals surface area contributed by atoms with E-state index < -0.39 is 0 Å². The first-order valence-corrected chi connectivity index (χ1v) is 8.90. The van der Waals surface area contributed by atoms with E-state index in [9.17, 15) is 14.0 Å². The van der Waals surface area contributed by atoms with E-state index in [4.69, 9.17) is 0 Å². The maximum Gasteiger partial charge on any atom is 0.323 e. The molecule has 6 heteroatoms. The highest BCUT2D eigenvalue weighted by Crippen LogP contribution is 2.51. The lowest BCUT2D eigenvalue weighted by molar-refractivity contribution is 0.0985. The number of amides is 1. The Kier molecular flexibility index (Phi) is 3.13. The van der Waals surface area contributed by atoms with E-state index >= 15 is 0 Å². The quantitative estimate of drug-likeness (QED) is 0.705. The van der Waals surface area contributed by atoms with Gasteiger partial charge in [-0.3, -0.25) is 4.79 Å². The molecule has 1 aliphatic heterocycles. The highest BCUT2D eigenvalue weighted by molar-refractivity contribution is 6.09. The summed E-state index contributed by atoms with van der Waals surface area (Å²) < 4.78 is 14.7. The molecule has 0 unspecified atom stereocenters. The molecule has 2 heterocycles. The van der Waals surface area contributed by atoms with E-state index in [0.29, 0.717) is 34.4 Å². The zero-order chi connectivity index (χ0) is 17.9. The third kappa shape index (κ3) is 2.08. The topological polar surface area (TPSA) is 69.0 Å². The molecule has 0 saturated heterocycles. The van der Waals surface area contributed by atoms with Crippen LogP contribution in [0.1, 0.15) is 41.6 Å². The van der Waals surface area contributed by atoms with Crippen molar-refractivity contribution >= 4 is 22.6 Å². The molecule has 1 saturated carbocycles. The van der Waals surface area contributed by atoms with Gasteiger partial charge in [0.15, 0.2) is 0 Å². The molecule has 2 N–H and O–H groups in total. The highest BCUT2D eigenvalue weighted by Gasteiger charge is 2.48. The standard InChI is InChI=1S/C20H18FN3O2/c21-13-4-3-5-16-17(13)20(8-1-2-9-20)11-24(16)18(25)12-6-7-14-15(10-12)23-19(26)22-14/h3-7,10H,1-2,8-9,11H2,(H2,22,23,26). The van der Waals surface area contributed by atoms with Crippen molar-refractivity contribution < 1.29 is 9.18 Å². The van der Waals surface area contributed by atoms with Crippen LogP contribution >= 0.6 is 0 Å². The molecule has 5 rings (SSSR count). The minimum atomic E-state index is -0.303. The second kappa shape index (κ2) is 5.30. The second-order valence-corrected chi connectivity index (χ2v) is 7.35. The smallest absolute Gasteiger partial charge is 0.307 e. The first kappa shape index (κ1) is 15.4. The molecule has 1 spiro atoms. The number of halogens is 1. The molecule has 1 aromatic heterocycles. The first-order valence-electron chi connectivity index (χ1n) is 8.90. The minimum Gasteiger partial charge on any atom is -0.307 e. The number of imidazole rings is 1. The van der Waals surface area contributed by atoms with Crippen LogP contribution in [0, 0.1) is 5.82 Å². The van der Waals surface area contributed by atoms with Crippen LogP contribution in [0.15, 0.2) is 41.2 Å². The van der Waals surface area contributed by atoms with Crippen LogP contribution < -0.4 is 10.6 Å². The summed E-state index contributed by atoms with van der Waals surface area (Å²) in [7, 11) is 0. The number of H-pyrrole nitrogens is 2. The molecular formula is C20H18FN3O2. The molecule has 1 fully saturated rings. The van der Waals surface area contributed by atoms with Crippen molar-refractivity contribution in [1.82, 2.24) is 9.97 Å². The summed E-state index contributed by atoms with van der Waals surface area (Å²) in [6.07, 6.45) is 3.95. The molecule has 2 aliphatic rings. The molecule has 26 heavy (non-hydrogen) atoms. The second-order valence-electron chi connectivity index (χ2n) is 7.35. The average Bonchev–Trinajstić information content (AvgIpc) is 3.32. The van der Waals surface area contributed by atoms with Crippen LogP contribution in [0.5, 0.6) is 0 Å². The average molecular weight is 351 g/mol. The Balaban J connectivity index is 1.60. The number of nitrogens with zero attached hydrogens (tertiary/aromatic N) is 1. The third-order valence-electron chi connectivity index (χ3n) is 5.84. The minimum absolute atomic E-state index is 0.162. The van der Waals surface area contributed by atoms with E-state index in [1.807, 2.05) is 6.07 Å². The van der Waals surface area contributed by atoms with E-state index in [1.165, 1.54) is 6.07 Å². The summed E-state index contributed by atoms with van der Waals surface area (Å²) in [5.41, 5.74) is 2.55. The number of carbonyl (C=O) groups excluding carboxylic acids is 1. The van der Waals surface area contributed by atoms with Crippen molar-refractivity contribution in [3.63, 3.8) is 0 Å². The Labute approximate surface area is 148 Å². The van der Waals surface area contributed by atoms with Gasteiger partial charge in [-0.05, 0) is 43.2 Å². The normalized spacial score (nSPS) is 18.0. The number of aromatic nitrogens is 2. The highest BCUT2D eigenvalue weighted by atomic mass is 19.1. The van der Waals surface area contributed by atoms with Crippen LogP contribution in [0.25, 0.3) is 11.0 Å². The van der Waals surface area contributed by atoms with Gasteiger partial charge in [0.1, 0.15) is 5.82 Å². The van der Waals surface area contributed by atoms with Gasteiger partial charge in [-0.1, -0.05) is 18.9 Å². The Morgan fingerprint density at radius 3 is 2.65 bits per heavy atom. The van der Waals surface area contributed by atoms with Crippen molar-refractivity contribution in [3.05, 3.63) is 63.8 Å². The summed E-state index contributed by atoms with van der Waals surface area (Å²) >= 11 is 0. The number of benzene rings is 2. The molecule has 132 valence electrons. The maximum absolute atomic E-state index is 14.7. The fourth-order valence-corrected chi connectivity index (χ4v) is 4.69. The summed E-state index contributed by atoms with van der Waals surface area (Å²) in [6.45, 7) is 0.518. The lowest BCUT2D eigenvalue weighted by atomic mass is 9.80. The van der Waals surface area contributed by atoms with Crippen LogP contribution in [-0.4, -0.2) is 22.4 Å². The predicted molar refractivity (Wildman–Crippen MR) is 97.1 cm³/mol. The van der Waals surface area contributed by atoms with Gasteiger partial charge in [0.25, 0.3) is 5.91 Å². The zero-order valence-electron chi connectivity index (χ0n) is 14.1. The number of carbonyl (C=O) groups is 1. The lowest BCUT2D eigenvalue weighted by Gasteiger charge is -2.25. The fraction of sp³-hybridized carbons (Fsp3) is 0.300. The summed E-state index contributed by atoms with van der Waals surface area (Å²) in [5.74, 6) is -0.380. The SMILES string of the molecule is O=C(c1ccc2[nH]c(=O)[nH]c2c1)N1CC2(CCCC2)c2c(F)cccc21. The monoisotopic (exact) mass is 351 g/mol. The van der Waals surface area contributed by atoms with Crippen LogP contribution in [0.3, 0.4) is 0 Å². The number of fused-ring (bicyclic) bond motifs is 3. The molecule has 0 atom stereocenters. The zero-order valence-corrected chi connectivity index (χ0v) is 14.1. The Morgan fingerprint density at radius 2 is 1.85 bits per heavy atom. The molecule has 2 aromatic carbocycles. The van der Waals surface area contributed by atoms with Gasteiger partial charge >= 0.3 is 5.69 Å². The van der Waals surface area contributed by atoms with E-state index in [1.54, 1.807) is 29.2 Å². The number of anilines is 1. The van der Waals surface area contributed by atoms with E-state index in [-0.39, 0.29) is 22.8 Å². The van der Waals surface area contributed by atoms with Gasteiger partial charge in [0.05, 0.1) is 16.7 Å². The Morgan fingerprint density at radius 1 is 1.08 bits per heavy atom. The largest absolute Gasteiger partial charge is 0.323 e. The maximum atomic E-state index is 14.7. The predicted octanol–water partition coefficient (Wildman–Crippen LogP) is 3.47. The molecule has 0 radical (unpaired) electrons. The van der Waals surface area contributed by atoms with Gasteiger partial charge in [-0.15, -0.1) is 0 Å². The number of nitrogens with one attached hydrogen (secondary N) is 2. The summed E-state index contributed by atoms with van der Waals surface area (Å²) in [5, 5.41) is 0. The summed E-state index contributed by atoms with van der Waals surface area (Å²) in [6, 6.07) is 10.1. The van der Waals surface area contributed by atoms with Crippen molar-refractivity contribution in [2.24, 2.45) is 0 Å². The Bertz CT molecular complexity index is 1090. The van der Waals surface area contributed by atoms with Crippen molar-refractivity contribution in [3.8, 4) is 0 Å². The number of aromatic amines is 2. The lowest BCUT2D eigenvalue weighted by Crippen LogP contribution is -2.35. The van der Waals surface area contributed by atoms with Crippen molar-refractivity contribution in [2.45, 2.75) is 31.1 Å².